The van der Waals surface area contributed by atoms with Crippen LogP contribution in [0.5, 0.6) is 0 Å². The predicted molar refractivity (Wildman–Crippen MR) is 89.4 cm³/mol. The van der Waals surface area contributed by atoms with E-state index in [9.17, 15) is 0 Å². The van der Waals surface area contributed by atoms with Crippen LogP contribution in [-0.2, 0) is 0 Å². The molecule has 0 radical (unpaired) electrons. The van der Waals surface area contributed by atoms with Gasteiger partial charge < -0.3 is 15.1 Å². The molecular weight excluding hydrogens is 246 g/mol. The van der Waals surface area contributed by atoms with E-state index in [2.05, 4.69) is 43.2 Å². The van der Waals surface area contributed by atoms with Crippen molar-refractivity contribution in [3.63, 3.8) is 0 Å². The summed E-state index contributed by atoms with van der Waals surface area (Å²) in [4.78, 5) is 5.00. The van der Waals surface area contributed by atoms with Gasteiger partial charge >= 0.3 is 0 Å². The quantitative estimate of drug-likeness (QED) is 0.556. The van der Waals surface area contributed by atoms with Crippen LogP contribution >= 0.6 is 0 Å². The summed E-state index contributed by atoms with van der Waals surface area (Å²) in [5.74, 6) is 0. The Morgan fingerprint density at radius 3 is 2.20 bits per heavy atom. The molecule has 0 aromatic rings. The molecule has 1 N–H and O–H groups in total. The first-order chi connectivity index (χ1) is 9.60. The molecule has 0 bridgehead atoms. The number of nitrogens with one attached hydrogen (secondary N) is 1. The fourth-order valence-corrected chi connectivity index (χ4v) is 3.20. The molecule has 0 spiro atoms. The number of hydrogen-bond donors (Lipinski definition) is 1. The van der Waals surface area contributed by atoms with Gasteiger partial charge in [0.25, 0.3) is 0 Å². The molecule has 0 unspecified atom stereocenters. The molecule has 3 heteroatoms. The maximum atomic E-state index is 3.48. The normalized spacial score (nSPS) is 17.7. The van der Waals surface area contributed by atoms with E-state index in [1.807, 2.05) is 0 Å². The SMILES string of the molecule is CCCNCCCCCCN(C)CC1(N(C)C)CCC1. The lowest BCUT2D eigenvalue weighted by atomic mass is 9.75. The van der Waals surface area contributed by atoms with E-state index in [1.54, 1.807) is 0 Å². The van der Waals surface area contributed by atoms with Crippen molar-refractivity contribution < 1.29 is 0 Å². The molecular formula is C17H37N3. The van der Waals surface area contributed by atoms with Crippen LogP contribution in [0.2, 0.25) is 0 Å². The zero-order valence-corrected chi connectivity index (χ0v) is 14.4. The second-order valence-corrected chi connectivity index (χ2v) is 6.87. The summed E-state index contributed by atoms with van der Waals surface area (Å²) in [6, 6.07) is 0. The molecule has 0 amide bonds. The van der Waals surface area contributed by atoms with Crippen molar-refractivity contribution in [2.45, 2.75) is 63.8 Å². The zero-order chi connectivity index (χ0) is 14.8. The molecule has 3 nitrogen and oxygen atoms in total. The van der Waals surface area contributed by atoms with Gasteiger partial charge in [-0.2, -0.15) is 0 Å². The van der Waals surface area contributed by atoms with Gasteiger partial charge in [-0.05, 0) is 79.3 Å². The van der Waals surface area contributed by atoms with Gasteiger partial charge in [-0.1, -0.05) is 19.8 Å². The van der Waals surface area contributed by atoms with E-state index in [-0.39, 0.29) is 0 Å². The molecule has 1 saturated carbocycles. The first-order valence-corrected chi connectivity index (χ1v) is 8.67. The molecule has 0 atom stereocenters. The second kappa shape index (κ2) is 9.75. The Labute approximate surface area is 127 Å². The van der Waals surface area contributed by atoms with E-state index >= 15 is 0 Å². The minimum atomic E-state index is 0.485. The first-order valence-electron chi connectivity index (χ1n) is 8.67. The number of unbranched alkanes of at least 4 members (excludes halogenated alkanes) is 3. The van der Waals surface area contributed by atoms with Gasteiger partial charge in [0.1, 0.15) is 0 Å². The van der Waals surface area contributed by atoms with Crippen molar-refractivity contribution in [1.29, 1.82) is 0 Å². The summed E-state index contributed by atoms with van der Waals surface area (Å²) in [6.45, 7) is 7.12. The third-order valence-electron chi connectivity index (χ3n) is 4.87. The molecule has 20 heavy (non-hydrogen) atoms. The van der Waals surface area contributed by atoms with Crippen molar-refractivity contribution in [2.75, 3.05) is 47.3 Å². The van der Waals surface area contributed by atoms with Crippen LogP contribution < -0.4 is 5.32 Å². The lowest BCUT2D eigenvalue weighted by Gasteiger charge is -2.49. The highest BCUT2D eigenvalue weighted by Gasteiger charge is 2.39. The Morgan fingerprint density at radius 1 is 0.950 bits per heavy atom. The molecule has 1 aliphatic rings. The van der Waals surface area contributed by atoms with Gasteiger partial charge in [-0.25, -0.2) is 0 Å². The predicted octanol–water partition coefficient (Wildman–Crippen LogP) is 2.96. The third-order valence-corrected chi connectivity index (χ3v) is 4.87. The molecule has 1 rings (SSSR count). The summed E-state index contributed by atoms with van der Waals surface area (Å²) in [5.41, 5.74) is 0.485. The van der Waals surface area contributed by atoms with E-state index in [0.717, 1.165) is 0 Å². The lowest BCUT2D eigenvalue weighted by molar-refractivity contribution is 0.0275. The van der Waals surface area contributed by atoms with Crippen molar-refractivity contribution in [1.82, 2.24) is 15.1 Å². The maximum absolute atomic E-state index is 3.48. The number of nitrogens with zero attached hydrogens (tertiary/aromatic N) is 2. The molecule has 1 fully saturated rings. The Bertz CT molecular complexity index is 236. The van der Waals surface area contributed by atoms with Crippen LogP contribution in [0.1, 0.15) is 58.3 Å². The zero-order valence-electron chi connectivity index (χ0n) is 14.4. The van der Waals surface area contributed by atoms with E-state index in [4.69, 9.17) is 0 Å². The molecule has 0 aromatic carbocycles. The topological polar surface area (TPSA) is 18.5 Å². The van der Waals surface area contributed by atoms with E-state index in [0.29, 0.717) is 5.54 Å². The van der Waals surface area contributed by atoms with Gasteiger partial charge in [0, 0.05) is 12.1 Å². The lowest BCUT2D eigenvalue weighted by Crippen LogP contribution is -2.56. The molecule has 0 aliphatic heterocycles. The van der Waals surface area contributed by atoms with Crippen molar-refractivity contribution in [3.8, 4) is 0 Å². The van der Waals surface area contributed by atoms with Gasteiger partial charge in [-0.3, -0.25) is 0 Å². The fraction of sp³-hybridized carbons (Fsp3) is 1.00. The number of likely N-dealkylation sites (N-methyl/N-ethyl adjacent to an activating group) is 2. The van der Waals surface area contributed by atoms with Crippen LogP contribution in [0.25, 0.3) is 0 Å². The molecule has 120 valence electrons. The van der Waals surface area contributed by atoms with Crippen LogP contribution in [0.4, 0.5) is 0 Å². The molecule has 0 aromatic heterocycles. The Balaban J connectivity index is 1.99. The van der Waals surface area contributed by atoms with E-state index < -0.39 is 0 Å². The highest BCUT2D eigenvalue weighted by Crippen LogP contribution is 2.36. The first kappa shape index (κ1) is 17.9. The number of hydrogen-bond acceptors (Lipinski definition) is 3. The Hall–Kier alpha value is -0.120. The summed E-state index contributed by atoms with van der Waals surface area (Å²) in [5, 5.41) is 3.48. The average Bonchev–Trinajstić information content (AvgIpc) is 2.36. The van der Waals surface area contributed by atoms with Crippen molar-refractivity contribution >= 4 is 0 Å². The molecule has 0 heterocycles. The minimum Gasteiger partial charge on any atom is -0.317 e. The average molecular weight is 284 g/mol. The van der Waals surface area contributed by atoms with Crippen LogP contribution in [0, 0.1) is 0 Å². The largest absolute Gasteiger partial charge is 0.317 e. The third kappa shape index (κ3) is 6.11. The van der Waals surface area contributed by atoms with Gasteiger partial charge in [0.15, 0.2) is 0 Å². The monoisotopic (exact) mass is 283 g/mol. The standard InChI is InChI=1S/C17H37N3/c1-5-13-18-14-8-6-7-9-15-20(4)16-17(19(2)3)11-10-12-17/h18H,5-16H2,1-4H3. The van der Waals surface area contributed by atoms with Crippen LogP contribution in [-0.4, -0.2) is 62.7 Å². The Kier molecular flexibility index (Phi) is 8.74. The molecule has 0 saturated heterocycles. The van der Waals surface area contributed by atoms with E-state index in [1.165, 1.54) is 77.5 Å². The van der Waals surface area contributed by atoms with Gasteiger partial charge in [-0.15, -0.1) is 0 Å². The van der Waals surface area contributed by atoms with Crippen LogP contribution in [0.3, 0.4) is 0 Å². The van der Waals surface area contributed by atoms with Gasteiger partial charge in [0.05, 0.1) is 0 Å². The Morgan fingerprint density at radius 2 is 1.65 bits per heavy atom. The van der Waals surface area contributed by atoms with Crippen molar-refractivity contribution in [2.24, 2.45) is 0 Å². The summed E-state index contributed by atoms with van der Waals surface area (Å²) >= 11 is 0. The number of rotatable bonds is 12. The van der Waals surface area contributed by atoms with Gasteiger partial charge in [0.2, 0.25) is 0 Å². The maximum Gasteiger partial charge on any atom is 0.0330 e. The second-order valence-electron chi connectivity index (χ2n) is 6.87. The smallest absolute Gasteiger partial charge is 0.0330 e. The molecule has 1 aliphatic carbocycles. The summed E-state index contributed by atoms with van der Waals surface area (Å²) < 4.78 is 0. The van der Waals surface area contributed by atoms with Crippen LogP contribution in [0.15, 0.2) is 0 Å². The fourth-order valence-electron chi connectivity index (χ4n) is 3.20. The highest BCUT2D eigenvalue weighted by atomic mass is 15.2. The summed E-state index contributed by atoms with van der Waals surface area (Å²) in [6.07, 6.45) is 10.9. The minimum absolute atomic E-state index is 0.485. The summed E-state index contributed by atoms with van der Waals surface area (Å²) in [7, 11) is 6.79. The van der Waals surface area contributed by atoms with Crippen molar-refractivity contribution in [3.05, 3.63) is 0 Å². The highest BCUT2D eigenvalue weighted by molar-refractivity contribution is 4.97.